The van der Waals surface area contributed by atoms with Crippen LogP contribution in [0.15, 0.2) is 69.9 Å². The molecule has 4 rings (SSSR count). The molecule has 2 aliphatic rings. The van der Waals surface area contributed by atoms with E-state index in [2.05, 4.69) is 5.32 Å². The van der Waals surface area contributed by atoms with E-state index in [1.165, 1.54) is 12.1 Å². The molecule has 2 N–H and O–H groups in total. The SMILES string of the molecule is CC(C)(C)OC(=O)NCCCOc1ccc2c(-c3ccccc3C(=O)O)c3ccc(=O)cc-3oc2c1. The van der Waals surface area contributed by atoms with Gasteiger partial charge in [-0.05, 0) is 63.1 Å². The van der Waals surface area contributed by atoms with E-state index in [9.17, 15) is 19.5 Å². The molecule has 0 radical (unpaired) electrons. The van der Waals surface area contributed by atoms with Gasteiger partial charge in [0, 0.05) is 35.2 Å². The third-order valence-electron chi connectivity index (χ3n) is 5.35. The molecule has 186 valence electrons. The Morgan fingerprint density at radius 1 is 1.00 bits per heavy atom. The third-order valence-corrected chi connectivity index (χ3v) is 5.35. The van der Waals surface area contributed by atoms with E-state index in [1.807, 2.05) is 6.07 Å². The van der Waals surface area contributed by atoms with E-state index in [0.29, 0.717) is 58.7 Å². The number of hydrogen-bond acceptors (Lipinski definition) is 6. The number of amides is 1. The lowest BCUT2D eigenvalue weighted by atomic mass is 9.91. The maximum Gasteiger partial charge on any atom is 0.407 e. The Bertz CT molecular complexity index is 1450. The fourth-order valence-corrected chi connectivity index (χ4v) is 3.89. The minimum absolute atomic E-state index is 0.148. The van der Waals surface area contributed by atoms with E-state index in [1.54, 1.807) is 63.2 Å². The summed E-state index contributed by atoms with van der Waals surface area (Å²) >= 11 is 0. The van der Waals surface area contributed by atoms with Crippen LogP contribution < -0.4 is 15.5 Å². The fraction of sp³-hybridized carbons (Fsp3) is 0.250. The number of aromatic carboxylic acids is 1. The minimum Gasteiger partial charge on any atom is -0.493 e. The molecule has 0 saturated carbocycles. The second-order valence-electron chi connectivity index (χ2n) is 9.27. The lowest BCUT2D eigenvalue weighted by Gasteiger charge is -2.19. The molecule has 0 unspecified atom stereocenters. The van der Waals surface area contributed by atoms with Gasteiger partial charge in [0.2, 0.25) is 0 Å². The molecular weight excluding hydrogens is 462 g/mol. The summed E-state index contributed by atoms with van der Waals surface area (Å²) in [6, 6.07) is 16.5. The first-order valence-corrected chi connectivity index (χ1v) is 11.6. The number of carboxylic acids is 1. The average molecular weight is 490 g/mol. The van der Waals surface area contributed by atoms with Crippen LogP contribution in [0.25, 0.3) is 33.4 Å². The molecule has 0 spiro atoms. The second kappa shape index (κ2) is 10.1. The maximum atomic E-state index is 12.0. The number of carbonyl (C=O) groups excluding carboxylic acids is 1. The van der Waals surface area contributed by atoms with Crippen LogP contribution in [-0.4, -0.2) is 35.9 Å². The van der Waals surface area contributed by atoms with Crippen LogP contribution in [-0.2, 0) is 4.74 Å². The van der Waals surface area contributed by atoms with Gasteiger partial charge < -0.3 is 24.3 Å². The van der Waals surface area contributed by atoms with Crippen molar-refractivity contribution in [3.63, 3.8) is 0 Å². The summed E-state index contributed by atoms with van der Waals surface area (Å²) in [6.45, 7) is 6.13. The van der Waals surface area contributed by atoms with E-state index in [0.717, 1.165) is 0 Å². The van der Waals surface area contributed by atoms with Gasteiger partial charge in [-0.15, -0.1) is 0 Å². The third kappa shape index (κ3) is 5.66. The van der Waals surface area contributed by atoms with E-state index >= 15 is 0 Å². The summed E-state index contributed by atoms with van der Waals surface area (Å²) in [5, 5.41) is 13.1. The molecule has 2 aromatic carbocycles. The Morgan fingerprint density at radius 2 is 1.78 bits per heavy atom. The summed E-state index contributed by atoms with van der Waals surface area (Å²) in [7, 11) is 0. The molecule has 0 atom stereocenters. The first kappa shape index (κ1) is 24.8. The number of hydrogen-bond donors (Lipinski definition) is 2. The first-order chi connectivity index (χ1) is 17.1. The highest BCUT2D eigenvalue weighted by atomic mass is 16.6. The predicted molar refractivity (Wildman–Crippen MR) is 136 cm³/mol. The van der Waals surface area contributed by atoms with E-state index in [4.69, 9.17) is 13.9 Å². The van der Waals surface area contributed by atoms with Gasteiger partial charge in [-0.1, -0.05) is 18.2 Å². The van der Waals surface area contributed by atoms with Gasteiger partial charge in [0.1, 0.15) is 22.7 Å². The molecule has 1 amide bonds. The van der Waals surface area contributed by atoms with Crippen LogP contribution in [0.4, 0.5) is 4.79 Å². The molecule has 8 heteroatoms. The number of rotatable bonds is 7. The molecule has 2 aromatic rings. The van der Waals surface area contributed by atoms with Crippen molar-refractivity contribution in [2.75, 3.05) is 13.2 Å². The number of carboxylic acid groups (broad SMARTS) is 1. The van der Waals surface area contributed by atoms with Crippen molar-refractivity contribution in [1.29, 1.82) is 0 Å². The van der Waals surface area contributed by atoms with Crippen molar-refractivity contribution >= 4 is 23.0 Å². The lowest BCUT2D eigenvalue weighted by molar-refractivity contribution is 0.0525. The summed E-state index contributed by atoms with van der Waals surface area (Å²) in [6.07, 6.45) is 0.0777. The lowest BCUT2D eigenvalue weighted by Crippen LogP contribution is -2.33. The zero-order chi connectivity index (χ0) is 25.9. The monoisotopic (exact) mass is 489 g/mol. The highest BCUT2D eigenvalue weighted by Gasteiger charge is 2.21. The van der Waals surface area contributed by atoms with Crippen molar-refractivity contribution in [3.05, 3.63) is 76.5 Å². The van der Waals surface area contributed by atoms with Gasteiger partial charge in [0.05, 0.1) is 12.2 Å². The number of nitrogens with one attached hydrogen (secondary N) is 1. The van der Waals surface area contributed by atoms with Crippen molar-refractivity contribution in [1.82, 2.24) is 5.32 Å². The van der Waals surface area contributed by atoms with E-state index in [-0.39, 0.29) is 11.0 Å². The van der Waals surface area contributed by atoms with Crippen LogP contribution in [0.1, 0.15) is 37.6 Å². The first-order valence-electron chi connectivity index (χ1n) is 11.6. The molecule has 1 aliphatic heterocycles. The quantitative estimate of drug-likeness (QED) is 0.258. The van der Waals surface area contributed by atoms with Gasteiger partial charge in [-0.25, -0.2) is 9.59 Å². The Labute approximate surface area is 207 Å². The highest BCUT2D eigenvalue weighted by Crippen LogP contribution is 2.41. The zero-order valence-electron chi connectivity index (χ0n) is 20.3. The number of ether oxygens (including phenoxy) is 2. The van der Waals surface area contributed by atoms with Gasteiger partial charge in [-0.3, -0.25) is 4.79 Å². The van der Waals surface area contributed by atoms with Gasteiger partial charge in [0.25, 0.3) is 0 Å². The molecule has 0 aromatic heterocycles. The van der Waals surface area contributed by atoms with Crippen molar-refractivity contribution in [3.8, 4) is 28.2 Å². The summed E-state index contributed by atoms with van der Waals surface area (Å²) < 4.78 is 17.1. The molecule has 8 nitrogen and oxygen atoms in total. The summed E-state index contributed by atoms with van der Waals surface area (Å²) in [5.41, 5.74) is 1.65. The topological polar surface area (TPSA) is 115 Å². The van der Waals surface area contributed by atoms with Gasteiger partial charge in [0.15, 0.2) is 5.43 Å². The smallest absolute Gasteiger partial charge is 0.407 e. The molecule has 1 aliphatic carbocycles. The van der Waals surface area contributed by atoms with Crippen molar-refractivity contribution in [2.24, 2.45) is 0 Å². The Morgan fingerprint density at radius 3 is 2.53 bits per heavy atom. The van der Waals surface area contributed by atoms with Crippen molar-refractivity contribution in [2.45, 2.75) is 32.8 Å². The number of benzene rings is 3. The van der Waals surface area contributed by atoms with Crippen LogP contribution in [0.2, 0.25) is 0 Å². The largest absolute Gasteiger partial charge is 0.493 e. The average Bonchev–Trinajstić information content (AvgIpc) is 2.81. The molecule has 1 heterocycles. The van der Waals surface area contributed by atoms with Gasteiger partial charge >= 0.3 is 12.1 Å². The maximum absolute atomic E-state index is 12.0. The molecule has 0 bridgehead atoms. The zero-order valence-corrected chi connectivity index (χ0v) is 20.3. The van der Waals surface area contributed by atoms with Crippen LogP contribution in [0.5, 0.6) is 5.75 Å². The molecule has 36 heavy (non-hydrogen) atoms. The normalized spacial score (nSPS) is 11.4. The number of fused-ring (bicyclic) bond motifs is 2. The number of carbonyl (C=O) groups is 2. The Kier molecular flexibility index (Phi) is 6.96. The minimum atomic E-state index is -1.05. The van der Waals surface area contributed by atoms with Crippen LogP contribution in [0.3, 0.4) is 0 Å². The highest BCUT2D eigenvalue weighted by molar-refractivity contribution is 6.07. The Hall–Kier alpha value is -4.33. The molecule has 0 fully saturated rings. The van der Waals surface area contributed by atoms with Crippen molar-refractivity contribution < 1.29 is 28.6 Å². The van der Waals surface area contributed by atoms with Gasteiger partial charge in [-0.2, -0.15) is 0 Å². The number of alkyl carbamates (subject to hydrolysis) is 1. The van der Waals surface area contributed by atoms with E-state index < -0.39 is 17.7 Å². The summed E-state index contributed by atoms with van der Waals surface area (Å²) in [4.78, 5) is 35.7. The fourth-order valence-electron chi connectivity index (χ4n) is 3.89. The standard InChI is InChI=1S/C28H27NO7/c1-28(2,3)36-27(33)29-13-6-14-34-18-10-12-22-24(16-18)35-23-15-17(30)9-11-21(23)25(22)19-7-4-5-8-20(19)26(31)32/h4-5,7-12,15-16H,6,13-14H2,1-3H3,(H,29,33)(H,31,32). The summed E-state index contributed by atoms with van der Waals surface area (Å²) in [5.74, 6) is -0.157. The van der Waals surface area contributed by atoms with Crippen LogP contribution in [0, 0.1) is 0 Å². The molecular formula is C28H27NO7. The van der Waals surface area contributed by atoms with Crippen LogP contribution >= 0.6 is 0 Å². The Balaban J connectivity index is 1.62. The predicted octanol–water partition coefficient (Wildman–Crippen LogP) is 5.56. The molecule has 0 saturated heterocycles. The second-order valence-corrected chi connectivity index (χ2v) is 9.27.